The molecule has 1 fully saturated rings. The zero-order valence-corrected chi connectivity index (χ0v) is 10.1. The number of benzene rings is 1. The summed E-state index contributed by atoms with van der Waals surface area (Å²) in [6.07, 6.45) is 1.96. The van der Waals surface area contributed by atoms with Gasteiger partial charge in [-0.3, -0.25) is 4.79 Å². The largest absolute Gasteiger partial charge is 0.479 e. The first-order valence-corrected chi connectivity index (χ1v) is 5.83. The zero-order chi connectivity index (χ0) is 13.3. The van der Waals surface area contributed by atoms with Gasteiger partial charge in [0.25, 0.3) is 0 Å². The lowest BCUT2D eigenvalue weighted by atomic mass is 10.0. The van der Waals surface area contributed by atoms with Crippen LogP contribution in [0.1, 0.15) is 24.4 Å². The molecule has 1 aromatic rings. The number of amides is 1. The maximum Gasteiger partial charge on any atom is 0.331 e. The average molecular weight is 272 g/mol. The zero-order valence-electron chi connectivity index (χ0n) is 9.35. The van der Waals surface area contributed by atoms with Crippen molar-refractivity contribution in [2.75, 3.05) is 0 Å². The average Bonchev–Trinajstić information content (AvgIpc) is 3.10. The molecule has 2 rings (SSSR count). The van der Waals surface area contributed by atoms with Crippen LogP contribution in [0.4, 0.5) is 4.39 Å². The molecule has 0 bridgehead atoms. The highest BCUT2D eigenvalue weighted by molar-refractivity contribution is 6.30. The van der Waals surface area contributed by atoms with Crippen LogP contribution < -0.4 is 0 Å². The van der Waals surface area contributed by atoms with E-state index in [1.54, 1.807) is 0 Å². The van der Waals surface area contributed by atoms with Gasteiger partial charge in [0.2, 0.25) is 6.41 Å². The molecule has 1 aliphatic carbocycles. The van der Waals surface area contributed by atoms with E-state index < -0.39 is 17.8 Å². The van der Waals surface area contributed by atoms with Crippen molar-refractivity contribution in [2.45, 2.75) is 24.9 Å². The molecule has 96 valence electrons. The van der Waals surface area contributed by atoms with Crippen LogP contribution in [0.25, 0.3) is 0 Å². The van der Waals surface area contributed by atoms with Crippen molar-refractivity contribution in [3.05, 3.63) is 34.6 Å². The molecule has 18 heavy (non-hydrogen) atoms. The summed E-state index contributed by atoms with van der Waals surface area (Å²) in [5.41, 5.74) is -0.0501. The predicted octanol–water partition coefficient (Wildman–Crippen LogP) is 2.23. The Kier molecular flexibility index (Phi) is 3.52. The molecule has 0 radical (unpaired) electrons. The highest BCUT2D eigenvalue weighted by Gasteiger charge is 2.38. The molecule has 0 spiro atoms. The molecule has 1 aromatic carbocycles. The first kappa shape index (κ1) is 12.8. The number of nitrogens with zero attached hydrogens (tertiary/aromatic N) is 1. The third-order valence-electron chi connectivity index (χ3n) is 2.88. The van der Waals surface area contributed by atoms with Gasteiger partial charge in [-0.05, 0) is 25.0 Å². The SMILES string of the molecule is O=CN(C1CC1)C(C(=O)O)c1ccc(Cl)cc1F. The van der Waals surface area contributed by atoms with Crippen molar-refractivity contribution in [3.8, 4) is 0 Å². The summed E-state index contributed by atoms with van der Waals surface area (Å²) in [5, 5.41) is 9.38. The van der Waals surface area contributed by atoms with Gasteiger partial charge in [0, 0.05) is 16.6 Å². The van der Waals surface area contributed by atoms with Crippen LogP contribution >= 0.6 is 11.6 Å². The fourth-order valence-electron chi connectivity index (χ4n) is 1.87. The van der Waals surface area contributed by atoms with Gasteiger partial charge in [0.1, 0.15) is 5.82 Å². The summed E-state index contributed by atoms with van der Waals surface area (Å²) in [5.74, 6) is -1.97. The van der Waals surface area contributed by atoms with Crippen LogP contribution in [0.2, 0.25) is 5.02 Å². The Balaban J connectivity index is 2.40. The quantitative estimate of drug-likeness (QED) is 0.836. The van der Waals surface area contributed by atoms with E-state index in [1.807, 2.05) is 0 Å². The number of carboxylic acid groups (broad SMARTS) is 1. The molecule has 0 saturated heterocycles. The molecule has 1 unspecified atom stereocenters. The number of aliphatic carboxylic acids is 1. The second-order valence-electron chi connectivity index (χ2n) is 4.19. The van der Waals surface area contributed by atoms with Crippen molar-refractivity contribution < 1.29 is 19.1 Å². The molecule has 1 atom stereocenters. The fourth-order valence-corrected chi connectivity index (χ4v) is 2.03. The lowest BCUT2D eigenvalue weighted by Gasteiger charge is -2.25. The van der Waals surface area contributed by atoms with Gasteiger partial charge in [-0.15, -0.1) is 0 Å². The van der Waals surface area contributed by atoms with Crippen LogP contribution in [-0.4, -0.2) is 28.4 Å². The summed E-state index contributed by atoms with van der Waals surface area (Å²) in [4.78, 5) is 23.4. The summed E-state index contributed by atoms with van der Waals surface area (Å²) >= 11 is 5.62. The first-order chi connectivity index (χ1) is 8.54. The van der Waals surface area contributed by atoms with Crippen LogP contribution in [0.5, 0.6) is 0 Å². The smallest absolute Gasteiger partial charge is 0.331 e. The molecule has 0 aromatic heterocycles. The van der Waals surface area contributed by atoms with Crippen LogP contribution in [0, 0.1) is 5.82 Å². The van der Waals surface area contributed by atoms with Gasteiger partial charge in [-0.1, -0.05) is 17.7 Å². The summed E-state index contributed by atoms with van der Waals surface area (Å²) in [6.45, 7) is 0. The molecule has 0 heterocycles. The van der Waals surface area contributed by atoms with E-state index in [-0.39, 0.29) is 16.6 Å². The van der Waals surface area contributed by atoms with E-state index in [1.165, 1.54) is 12.1 Å². The lowest BCUT2D eigenvalue weighted by molar-refractivity contribution is -0.147. The molecule has 1 aliphatic rings. The highest BCUT2D eigenvalue weighted by Crippen LogP contribution is 2.34. The van der Waals surface area contributed by atoms with Crippen molar-refractivity contribution in [2.24, 2.45) is 0 Å². The van der Waals surface area contributed by atoms with E-state index in [4.69, 9.17) is 11.6 Å². The standard InChI is InChI=1S/C12H11ClFNO3/c13-7-1-4-9(10(14)5-7)11(12(17)18)15(6-16)8-2-3-8/h1,4-6,8,11H,2-3H2,(H,17,18). The summed E-state index contributed by atoms with van der Waals surface area (Å²) < 4.78 is 13.8. The molecule has 1 saturated carbocycles. The third-order valence-corrected chi connectivity index (χ3v) is 3.11. The molecular formula is C12H11ClFNO3. The number of carboxylic acids is 1. The minimum absolute atomic E-state index is 0.0501. The van der Waals surface area contributed by atoms with Crippen LogP contribution in [-0.2, 0) is 9.59 Å². The molecule has 6 heteroatoms. The minimum Gasteiger partial charge on any atom is -0.479 e. The molecule has 1 amide bonds. The van der Waals surface area contributed by atoms with E-state index >= 15 is 0 Å². The Morgan fingerprint density at radius 3 is 2.67 bits per heavy atom. The van der Waals surface area contributed by atoms with Gasteiger partial charge in [0.05, 0.1) is 0 Å². The first-order valence-electron chi connectivity index (χ1n) is 5.45. The van der Waals surface area contributed by atoms with Gasteiger partial charge in [-0.2, -0.15) is 0 Å². The maximum absolute atomic E-state index is 13.8. The van der Waals surface area contributed by atoms with Gasteiger partial charge in [-0.25, -0.2) is 9.18 Å². The number of hydrogen-bond acceptors (Lipinski definition) is 2. The summed E-state index contributed by atoms with van der Waals surface area (Å²) in [6, 6.07) is 2.34. The third kappa shape index (κ3) is 2.46. The van der Waals surface area contributed by atoms with Crippen molar-refractivity contribution in [3.63, 3.8) is 0 Å². The van der Waals surface area contributed by atoms with Gasteiger partial charge in [0.15, 0.2) is 6.04 Å². The second kappa shape index (κ2) is 4.94. The van der Waals surface area contributed by atoms with E-state index in [0.29, 0.717) is 6.41 Å². The number of carbonyl (C=O) groups excluding carboxylic acids is 1. The van der Waals surface area contributed by atoms with Crippen molar-refractivity contribution in [1.29, 1.82) is 0 Å². The fraction of sp³-hybridized carbons (Fsp3) is 0.333. The van der Waals surface area contributed by atoms with Crippen LogP contribution in [0.15, 0.2) is 18.2 Å². The normalized spacial score (nSPS) is 16.1. The molecule has 0 aliphatic heterocycles. The van der Waals surface area contributed by atoms with Gasteiger partial charge >= 0.3 is 5.97 Å². The monoisotopic (exact) mass is 271 g/mol. The lowest BCUT2D eigenvalue weighted by Crippen LogP contribution is -2.35. The van der Waals surface area contributed by atoms with E-state index in [2.05, 4.69) is 0 Å². The Labute approximate surface area is 108 Å². The Morgan fingerprint density at radius 1 is 1.56 bits per heavy atom. The van der Waals surface area contributed by atoms with Crippen molar-refractivity contribution in [1.82, 2.24) is 4.90 Å². The Hall–Kier alpha value is -1.62. The molecule has 4 nitrogen and oxygen atoms in total. The van der Waals surface area contributed by atoms with Gasteiger partial charge < -0.3 is 10.0 Å². The number of carbonyl (C=O) groups is 2. The topological polar surface area (TPSA) is 57.6 Å². The van der Waals surface area contributed by atoms with E-state index in [9.17, 15) is 19.1 Å². The predicted molar refractivity (Wildman–Crippen MR) is 62.7 cm³/mol. The van der Waals surface area contributed by atoms with Crippen molar-refractivity contribution >= 4 is 24.0 Å². The second-order valence-corrected chi connectivity index (χ2v) is 4.63. The molecular weight excluding hydrogens is 261 g/mol. The van der Waals surface area contributed by atoms with Crippen LogP contribution in [0.3, 0.4) is 0 Å². The van der Waals surface area contributed by atoms with E-state index in [0.717, 1.165) is 23.8 Å². The minimum atomic E-state index is -1.30. The number of hydrogen-bond donors (Lipinski definition) is 1. The number of rotatable bonds is 5. The molecule has 1 N–H and O–H groups in total. The Morgan fingerprint density at radius 2 is 2.22 bits per heavy atom. The maximum atomic E-state index is 13.8. The summed E-state index contributed by atoms with van der Waals surface area (Å²) in [7, 11) is 0. The Bertz CT molecular complexity index is 490. The number of halogens is 2. The highest BCUT2D eigenvalue weighted by atomic mass is 35.5.